The fourth-order valence-corrected chi connectivity index (χ4v) is 2.96. The molecular formula is C17H26N2O. The molecular weight excluding hydrogens is 248 g/mol. The molecule has 1 amide bonds. The number of rotatable bonds is 6. The molecule has 2 heterocycles. The summed E-state index contributed by atoms with van der Waals surface area (Å²) in [5.74, 6) is 0.621. The number of hydrogen-bond acceptors (Lipinski definition) is 2. The fraction of sp³-hybridized carbons (Fsp3) is 0.647. The minimum Gasteiger partial charge on any atom is -0.324 e. The standard InChI is InChI=1S/C17H26N2O/c1-5-7-9-12(8-6-2)13-10-14-15(18-11-13)17(3,4)16(20)19-14/h10-12H,5-9H2,1-4H3,(H,19,20). The van der Waals surface area contributed by atoms with Gasteiger partial charge in [0.2, 0.25) is 5.91 Å². The molecule has 20 heavy (non-hydrogen) atoms. The molecule has 1 aromatic rings. The fourth-order valence-electron chi connectivity index (χ4n) is 2.96. The number of hydrogen-bond donors (Lipinski definition) is 1. The van der Waals surface area contributed by atoms with Crippen LogP contribution in [0.2, 0.25) is 0 Å². The molecule has 1 N–H and O–H groups in total. The van der Waals surface area contributed by atoms with E-state index in [-0.39, 0.29) is 5.91 Å². The first-order valence-corrected chi connectivity index (χ1v) is 7.82. The van der Waals surface area contributed by atoms with Crippen LogP contribution in [0, 0.1) is 0 Å². The van der Waals surface area contributed by atoms with Gasteiger partial charge in [0.05, 0.1) is 16.8 Å². The molecule has 0 saturated heterocycles. The number of carbonyl (C=O) groups excluding carboxylic acids is 1. The molecule has 0 spiro atoms. The zero-order valence-electron chi connectivity index (χ0n) is 13.1. The number of unbranched alkanes of at least 4 members (excludes halogenated alkanes) is 1. The Hall–Kier alpha value is -1.38. The van der Waals surface area contributed by atoms with Gasteiger partial charge in [0.25, 0.3) is 0 Å². The summed E-state index contributed by atoms with van der Waals surface area (Å²) in [5, 5.41) is 2.98. The maximum Gasteiger partial charge on any atom is 0.236 e. The molecule has 3 nitrogen and oxygen atoms in total. The van der Waals surface area contributed by atoms with E-state index < -0.39 is 5.41 Å². The summed E-state index contributed by atoms with van der Waals surface area (Å²) < 4.78 is 0. The molecule has 1 aliphatic heterocycles. The third-order valence-electron chi connectivity index (χ3n) is 4.33. The minimum absolute atomic E-state index is 0.0535. The van der Waals surface area contributed by atoms with E-state index in [0.29, 0.717) is 5.92 Å². The zero-order chi connectivity index (χ0) is 14.8. The van der Waals surface area contributed by atoms with Gasteiger partial charge in [-0.25, -0.2) is 0 Å². The first-order chi connectivity index (χ1) is 9.50. The van der Waals surface area contributed by atoms with Crippen LogP contribution in [0.5, 0.6) is 0 Å². The molecule has 1 aliphatic rings. The van der Waals surface area contributed by atoms with Crippen LogP contribution in [0.1, 0.15) is 77.0 Å². The lowest BCUT2D eigenvalue weighted by Crippen LogP contribution is -2.27. The van der Waals surface area contributed by atoms with Gasteiger partial charge in [-0.05, 0) is 44.2 Å². The topological polar surface area (TPSA) is 42.0 Å². The van der Waals surface area contributed by atoms with Crippen molar-refractivity contribution < 1.29 is 4.79 Å². The second-order valence-corrected chi connectivity index (χ2v) is 6.37. The van der Waals surface area contributed by atoms with E-state index in [1.54, 1.807) is 0 Å². The van der Waals surface area contributed by atoms with Crippen molar-refractivity contribution in [3.05, 3.63) is 23.5 Å². The quantitative estimate of drug-likeness (QED) is 0.836. The van der Waals surface area contributed by atoms with Gasteiger partial charge in [-0.15, -0.1) is 0 Å². The number of nitrogens with zero attached hydrogens (tertiary/aromatic N) is 1. The maximum atomic E-state index is 12.0. The maximum absolute atomic E-state index is 12.0. The minimum atomic E-state index is -0.502. The van der Waals surface area contributed by atoms with Crippen LogP contribution >= 0.6 is 0 Å². The molecule has 110 valence electrons. The number of pyridine rings is 1. The van der Waals surface area contributed by atoms with Gasteiger partial charge >= 0.3 is 0 Å². The van der Waals surface area contributed by atoms with E-state index in [0.717, 1.165) is 11.4 Å². The highest BCUT2D eigenvalue weighted by molar-refractivity contribution is 6.04. The Morgan fingerprint density at radius 1 is 1.25 bits per heavy atom. The Kier molecular flexibility index (Phi) is 4.46. The molecule has 0 aromatic carbocycles. The number of carbonyl (C=O) groups is 1. The molecule has 0 radical (unpaired) electrons. The molecule has 3 heteroatoms. The summed E-state index contributed by atoms with van der Waals surface area (Å²) in [7, 11) is 0. The average molecular weight is 274 g/mol. The van der Waals surface area contributed by atoms with Crippen molar-refractivity contribution >= 4 is 11.6 Å². The smallest absolute Gasteiger partial charge is 0.236 e. The van der Waals surface area contributed by atoms with Crippen molar-refractivity contribution in [2.45, 2.75) is 71.1 Å². The summed E-state index contributed by atoms with van der Waals surface area (Å²) in [6.07, 6.45) is 8.04. The lowest BCUT2D eigenvalue weighted by molar-refractivity contribution is -0.119. The highest BCUT2D eigenvalue weighted by atomic mass is 16.2. The van der Waals surface area contributed by atoms with E-state index in [1.807, 2.05) is 20.0 Å². The van der Waals surface area contributed by atoms with Crippen molar-refractivity contribution in [1.29, 1.82) is 0 Å². The molecule has 1 aromatic heterocycles. The SMILES string of the molecule is CCCCC(CCC)c1cnc2c(c1)NC(=O)C2(C)C. The molecule has 0 bridgehead atoms. The third-order valence-corrected chi connectivity index (χ3v) is 4.33. The number of aromatic nitrogens is 1. The first-order valence-electron chi connectivity index (χ1n) is 7.82. The Morgan fingerprint density at radius 3 is 2.65 bits per heavy atom. The largest absolute Gasteiger partial charge is 0.324 e. The number of anilines is 1. The van der Waals surface area contributed by atoms with E-state index in [4.69, 9.17) is 0 Å². The van der Waals surface area contributed by atoms with Crippen molar-refractivity contribution in [2.24, 2.45) is 0 Å². The zero-order valence-corrected chi connectivity index (χ0v) is 13.1. The van der Waals surface area contributed by atoms with Gasteiger partial charge in [0.1, 0.15) is 0 Å². The van der Waals surface area contributed by atoms with Crippen LogP contribution in [0.15, 0.2) is 12.3 Å². The monoisotopic (exact) mass is 274 g/mol. The number of amides is 1. The van der Waals surface area contributed by atoms with Gasteiger partial charge in [0, 0.05) is 6.20 Å². The molecule has 1 unspecified atom stereocenters. The molecule has 0 fully saturated rings. The van der Waals surface area contributed by atoms with Crippen molar-refractivity contribution in [3.8, 4) is 0 Å². The average Bonchev–Trinajstić information content (AvgIpc) is 2.64. The number of fused-ring (bicyclic) bond motifs is 1. The van der Waals surface area contributed by atoms with Gasteiger partial charge in [-0.2, -0.15) is 0 Å². The predicted molar refractivity (Wildman–Crippen MR) is 83.1 cm³/mol. The van der Waals surface area contributed by atoms with Crippen LogP contribution in [0.4, 0.5) is 5.69 Å². The second kappa shape index (κ2) is 5.94. The van der Waals surface area contributed by atoms with Crippen LogP contribution in [0.25, 0.3) is 0 Å². The molecule has 0 saturated carbocycles. The molecule has 1 atom stereocenters. The van der Waals surface area contributed by atoms with Crippen molar-refractivity contribution in [2.75, 3.05) is 5.32 Å². The number of nitrogens with one attached hydrogen (secondary N) is 1. The summed E-state index contributed by atoms with van der Waals surface area (Å²) in [5.41, 5.74) is 2.57. The van der Waals surface area contributed by atoms with Crippen LogP contribution in [-0.4, -0.2) is 10.9 Å². The highest BCUT2D eigenvalue weighted by Crippen LogP contribution is 2.38. The van der Waals surface area contributed by atoms with E-state index >= 15 is 0 Å². The lowest BCUT2D eigenvalue weighted by Gasteiger charge is -2.18. The summed E-state index contributed by atoms with van der Waals surface area (Å²) in [6, 6.07) is 2.14. The van der Waals surface area contributed by atoms with Gasteiger partial charge in [0.15, 0.2) is 0 Å². The van der Waals surface area contributed by atoms with Crippen molar-refractivity contribution in [1.82, 2.24) is 4.98 Å². The Labute approximate surface area is 122 Å². The molecule has 0 aliphatic carbocycles. The summed E-state index contributed by atoms with van der Waals surface area (Å²) in [6.45, 7) is 8.32. The van der Waals surface area contributed by atoms with E-state index in [9.17, 15) is 4.79 Å². The highest BCUT2D eigenvalue weighted by Gasteiger charge is 2.40. The van der Waals surface area contributed by atoms with Crippen LogP contribution in [-0.2, 0) is 10.2 Å². The van der Waals surface area contributed by atoms with Crippen LogP contribution in [0.3, 0.4) is 0 Å². The Balaban J connectivity index is 2.27. The lowest BCUT2D eigenvalue weighted by atomic mass is 9.87. The Morgan fingerprint density at radius 2 is 2.00 bits per heavy atom. The van der Waals surface area contributed by atoms with Crippen LogP contribution < -0.4 is 5.32 Å². The summed E-state index contributed by atoms with van der Waals surface area (Å²) in [4.78, 5) is 16.6. The van der Waals surface area contributed by atoms with Crippen molar-refractivity contribution in [3.63, 3.8) is 0 Å². The first kappa shape index (κ1) is 15.0. The third kappa shape index (κ3) is 2.72. The van der Waals surface area contributed by atoms with Gasteiger partial charge in [-0.3, -0.25) is 9.78 Å². The normalized spacial score (nSPS) is 17.7. The predicted octanol–water partition coefficient (Wildman–Crippen LogP) is 4.39. The summed E-state index contributed by atoms with van der Waals surface area (Å²) >= 11 is 0. The Bertz CT molecular complexity index is 494. The van der Waals surface area contributed by atoms with E-state index in [1.165, 1.54) is 37.7 Å². The van der Waals surface area contributed by atoms with Gasteiger partial charge in [-0.1, -0.05) is 33.1 Å². The molecule has 2 rings (SSSR count). The van der Waals surface area contributed by atoms with E-state index in [2.05, 4.69) is 30.2 Å². The second-order valence-electron chi connectivity index (χ2n) is 6.37. The van der Waals surface area contributed by atoms with Gasteiger partial charge < -0.3 is 5.32 Å².